The molecule has 0 amide bonds. The lowest BCUT2D eigenvalue weighted by Crippen LogP contribution is -2.01. The zero-order valence-corrected chi connectivity index (χ0v) is 7.66. The topological polar surface area (TPSA) is 38.9 Å². The maximum absolute atomic E-state index is 5.48. The van der Waals surface area contributed by atoms with Crippen LogP contribution in [0.3, 0.4) is 0 Å². The van der Waals surface area contributed by atoms with Crippen molar-refractivity contribution in [3.05, 3.63) is 54.4 Å². The molecule has 0 aromatic carbocycles. The number of allylic oxidation sites excluding steroid dienone is 2. The van der Waals surface area contributed by atoms with Crippen LogP contribution in [0.15, 0.2) is 43.0 Å². The summed E-state index contributed by atoms with van der Waals surface area (Å²) in [5, 5.41) is 0. The van der Waals surface area contributed by atoms with E-state index in [1.807, 2.05) is 18.2 Å². The lowest BCUT2D eigenvalue weighted by atomic mass is 10.1. The van der Waals surface area contributed by atoms with Crippen LogP contribution in [0.5, 0.6) is 0 Å². The Hall–Kier alpha value is -1.41. The van der Waals surface area contributed by atoms with Gasteiger partial charge >= 0.3 is 0 Å². The Bertz CT molecular complexity index is 316. The second-order valence-corrected chi connectivity index (χ2v) is 2.86. The molecule has 13 heavy (non-hydrogen) atoms. The molecule has 0 radical (unpaired) electrons. The van der Waals surface area contributed by atoms with Gasteiger partial charge in [0.15, 0.2) is 0 Å². The largest absolute Gasteiger partial charge is 0.325 e. The van der Waals surface area contributed by atoms with Gasteiger partial charge in [-0.25, -0.2) is 0 Å². The zero-order chi connectivity index (χ0) is 9.68. The monoisotopic (exact) mass is 174 g/mol. The highest BCUT2D eigenvalue weighted by molar-refractivity contribution is 5.21. The Kier molecular flexibility index (Phi) is 3.41. The molecule has 1 rings (SSSR count). The predicted octanol–water partition coefficient (Wildman–Crippen LogP) is 1.82. The molecular weight excluding hydrogens is 160 g/mol. The molecule has 0 bridgehead atoms. The van der Waals surface area contributed by atoms with Crippen LogP contribution in [0.2, 0.25) is 0 Å². The Morgan fingerprint density at radius 3 is 2.77 bits per heavy atom. The summed E-state index contributed by atoms with van der Waals surface area (Å²) in [6.45, 7) is 7.96. The SMILES string of the molecule is C=CC(=C)Cc1cccc(CN)n1. The first kappa shape index (κ1) is 9.68. The summed E-state index contributed by atoms with van der Waals surface area (Å²) in [4.78, 5) is 4.35. The van der Waals surface area contributed by atoms with Crippen molar-refractivity contribution >= 4 is 0 Å². The van der Waals surface area contributed by atoms with Crippen LogP contribution in [-0.2, 0) is 13.0 Å². The van der Waals surface area contributed by atoms with Crippen molar-refractivity contribution in [3.63, 3.8) is 0 Å². The highest BCUT2D eigenvalue weighted by atomic mass is 14.7. The van der Waals surface area contributed by atoms with E-state index >= 15 is 0 Å². The van der Waals surface area contributed by atoms with Gasteiger partial charge in [-0.05, 0) is 17.7 Å². The van der Waals surface area contributed by atoms with Gasteiger partial charge in [0.2, 0.25) is 0 Å². The molecule has 0 saturated carbocycles. The van der Waals surface area contributed by atoms with E-state index in [1.165, 1.54) is 0 Å². The number of hydrogen-bond acceptors (Lipinski definition) is 2. The number of hydrogen-bond donors (Lipinski definition) is 1. The molecule has 1 aromatic rings. The Labute approximate surface area is 78.8 Å². The van der Waals surface area contributed by atoms with Crippen LogP contribution < -0.4 is 5.73 Å². The highest BCUT2D eigenvalue weighted by Gasteiger charge is 1.96. The smallest absolute Gasteiger partial charge is 0.0542 e. The Morgan fingerprint density at radius 1 is 1.46 bits per heavy atom. The van der Waals surface area contributed by atoms with Gasteiger partial charge < -0.3 is 5.73 Å². The van der Waals surface area contributed by atoms with Crippen molar-refractivity contribution < 1.29 is 0 Å². The van der Waals surface area contributed by atoms with E-state index in [0.717, 1.165) is 23.4 Å². The summed E-state index contributed by atoms with van der Waals surface area (Å²) in [7, 11) is 0. The van der Waals surface area contributed by atoms with Gasteiger partial charge in [0, 0.05) is 18.7 Å². The van der Waals surface area contributed by atoms with Crippen molar-refractivity contribution in [2.75, 3.05) is 0 Å². The quantitative estimate of drug-likeness (QED) is 0.707. The summed E-state index contributed by atoms with van der Waals surface area (Å²) in [6.07, 6.45) is 2.49. The van der Waals surface area contributed by atoms with E-state index in [-0.39, 0.29) is 0 Å². The van der Waals surface area contributed by atoms with Crippen LogP contribution in [0.1, 0.15) is 11.4 Å². The second-order valence-electron chi connectivity index (χ2n) is 2.86. The van der Waals surface area contributed by atoms with E-state index in [9.17, 15) is 0 Å². The predicted molar refractivity (Wildman–Crippen MR) is 55.2 cm³/mol. The number of pyridine rings is 1. The van der Waals surface area contributed by atoms with Gasteiger partial charge in [0.25, 0.3) is 0 Å². The molecule has 0 unspecified atom stereocenters. The third-order valence-electron chi connectivity index (χ3n) is 1.77. The number of nitrogens with zero attached hydrogens (tertiary/aromatic N) is 1. The molecule has 2 N–H and O–H groups in total. The molecular formula is C11H14N2. The van der Waals surface area contributed by atoms with E-state index in [1.54, 1.807) is 6.08 Å². The number of rotatable bonds is 4. The van der Waals surface area contributed by atoms with Crippen LogP contribution in [0, 0.1) is 0 Å². The average Bonchev–Trinajstić information content (AvgIpc) is 2.18. The van der Waals surface area contributed by atoms with Crippen LogP contribution in [0.4, 0.5) is 0 Å². The molecule has 0 aliphatic heterocycles. The summed E-state index contributed by atoms with van der Waals surface area (Å²) in [6, 6.07) is 5.84. The maximum Gasteiger partial charge on any atom is 0.0542 e. The molecule has 2 nitrogen and oxygen atoms in total. The third-order valence-corrected chi connectivity index (χ3v) is 1.77. The fraction of sp³-hybridized carbons (Fsp3) is 0.182. The minimum absolute atomic E-state index is 0.481. The van der Waals surface area contributed by atoms with Crippen molar-refractivity contribution in [2.24, 2.45) is 5.73 Å². The molecule has 1 aromatic heterocycles. The van der Waals surface area contributed by atoms with Crippen molar-refractivity contribution in [1.82, 2.24) is 4.98 Å². The minimum Gasteiger partial charge on any atom is -0.325 e. The highest BCUT2D eigenvalue weighted by Crippen LogP contribution is 2.05. The van der Waals surface area contributed by atoms with Gasteiger partial charge in [0.1, 0.15) is 0 Å². The molecule has 68 valence electrons. The first-order valence-corrected chi connectivity index (χ1v) is 4.21. The van der Waals surface area contributed by atoms with E-state index in [4.69, 9.17) is 5.73 Å². The fourth-order valence-electron chi connectivity index (χ4n) is 1.05. The van der Waals surface area contributed by atoms with Gasteiger partial charge in [-0.3, -0.25) is 4.98 Å². The minimum atomic E-state index is 0.481. The molecule has 0 aliphatic rings. The van der Waals surface area contributed by atoms with Gasteiger partial charge in [-0.2, -0.15) is 0 Å². The van der Waals surface area contributed by atoms with Crippen molar-refractivity contribution in [3.8, 4) is 0 Å². The second kappa shape index (κ2) is 4.58. The molecule has 0 aliphatic carbocycles. The fourth-order valence-corrected chi connectivity index (χ4v) is 1.05. The van der Waals surface area contributed by atoms with E-state index in [0.29, 0.717) is 6.54 Å². The summed E-state index contributed by atoms with van der Waals surface area (Å²) < 4.78 is 0. The molecule has 0 atom stereocenters. The summed E-state index contributed by atoms with van der Waals surface area (Å²) in [5.41, 5.74) is 8.36. The first-order valence-electron chi connectivity index (χ1n) is 4.21. The van der Waals surface area contributed by atoms with Gasteiger partial charge in [0.05, 0.1) is 5.69 Å². The Morgan fingerprint density at radius 2 is 2.15 bits per heavy atom. The van der Waals surface area contributed by atoms with Crippen molar-refractivity contribution in [2.45, 2.75) is 13.0 Å². The molecule has 0 saturated heterocycles. The molecule has 2 heteroatoms. The lowest BCUT2D eigenvalue weighted by Gasteiger charge is -2.02. The average molecular weight is 174 g/mol. The van der Waals surface area contributed by atoms with Gasteiger partial charge in [-0.1, -0.05) is 25.3 Å². The van der Waals surface area contributed by atoms with E-state index < -0.39 is 0 Å². The van der Waals surface area contributed by atoms with Crippen LogP contribution in [-0.4, -0.2) is 4.98 Å². The van der Waals surface area contributed by atoms with Gasteiger partial charge in [-0.15, -0.1) is 0 Å². The zero-order valence-electron chi connectivity index (χ0n) is 7.66. The van der Waals surface area contributed by atoms with Crippen LogP contribution in [0.25, 0.3) is 0 Å². The number of aromatic nitrogens is 1. The van der Waals surface area contributed by atoms with Crippen molar-refractivity contribution in [1.29, 1.82) is 0 Å². The maximum atomic E-state index is 5.48. The summed E-state index contributed by atoms with van der Waals surface area (Å²) >= 11 is 0. The number of nitrogens with two attached hydrogens (primary N) is 1. The normalized spacial score (nSPS) is 9.62. The Balaban J connectivity index is 2.77. The first-order chi connectivity index (χ1) is 6.26. The lowest BCUT2D eigenvalue weighted by molar-refractivity contribution is 0.946. The summed E-state index contributed by atoms with van der Waals surface area (Å²) in [5.74, 6) is 0. The van der Waals surface area contributed by atoms with Crippen LogP contribution >= 0.6 is 0 Å². The molecule has 0 fully saturated rings. The third kappa shape index (κ3) is 2.84. The standard InChI is InChI=1S/C11H14N2/c1-3-9(2)7-10-5-4-6-11(8-12)13-10/h3-6H,1-2,7-8,12H2. The van der Waals surface area contributed by atoms with E-state index in [2.05, 4.69) is 18.1 Å². The molecule has 0 spiro atoms. The molecule has 1 heterocycles.